The van der Waals surface area contributed by atoms with Gasteiger partial charge in [0.25, 0.3) is 0 Å². The first kappa shape index (κ1) is 26.2. The van der Waals surface area contributed by atoms with Crippen LogP contribution in [0.2, 0.25) is 0 Å². The molecule has 6 aromatic carbocycles. The third kappa shape index (κ3) is 4.58. The van der Waals surface area contributed by atoms with Crippen molar-refractivity contribution >= 4 is 0 Å². The first-order chi connectivity index (χ1) is 20.4. The Bertz CT molecular complexity index is 1870. The molecule has 0 N–H and O–H groups in total. The summed E-state index contributed by atoms with van der Waals surface area (Å²) in [5.74, 6) is 0.554. The Kier molecular flexibility index (Phi) is 6.43. The molecule has 0 radical (unpaired) electrons. The summed E-state index contributed by atoms with van der Waals surface area (Å²) < 4.78 is 0. The van der Waals surface area contributed by atoms with Crippen molar-refractivity contribution in [2.24, 2.45) is 0 Å². The van der Waals surface area contributed by atoms with E-state index < -0.39 is 0 Å². The van der Waals surface area contributed by atoms with Crippen molar-refractivity contribution in [1.82, 2.24) is 0 Å². The molecule has 0 aliphatic heterocycles. The molecule has 0 saturated heterocycles. The molecule has 0 heterocycles. The molecule has 1 aliphatic carbocycles. The molecule has 204 valence electrons. The third-order valence-corrected chi connectivity index (χ3v) is 9.15. The van der Waals surface area contributed by atoms with Crippen LogP contribution in [0.4, 0.5) is 0 Å². The predicted molar refractivity (Wildman–Crippen MR) is 180 cm³/mol. The molecular formula is C42H36. The molecule has 1 aliphatic rings. The van der Waals surface area contributed by atoms with Crippen LogP contribution in [0.15, 0.2) is 140 Å². The van der Waals surface area contributed by atoms with Gasteiger partial charge in [0, 0.05) is 5.41 Å². The number of rotatable bonds is 5. The van der Waals surface area contributed by atoms with Crippen molar-refractivity contribution in [3.8, 4) is 55.6 Å². The van der Waals surface area contributed by atoms with Gasteiger partial charge in [0.15, 0.2) is 0 Å². The zero-order valence-corrected chi connectivity index (χ0v) is 24.9. The minimum absolute atomic E-state index is 0.0169. The molecule has 0 nitrogen and oxygen atoms in total. The lowest BCUT2D eigenvalue weighted by molar-refractivity contribution is 0.660. The minimum Gasteiger partial charge on any atom is -0.0619 e. The summed E-state index contributed by atoms with van der Waals surface area (Å²) in [6, 6.07) is 51.6. The summed E-state index contributed by atoms with van der Waals surface area (Å²) in [5.41, 5.74) is 17.0. The molecule has 0 fully saturated rings. The lowest BCUT2D eigenvalue weighted by Crippen LogP contribution is -2.14. The summed E-state index contributed by atoms with van der Waals surface area (Å²) in [6.07, 6.45) is 0. The van der Waals surface area contributed by atoms with Crippen LogP contribution in [-0.4, -0.2) is 0 Å². The second kappa shape index (κ2) is 10.3. The van der Waals surface area contributed by atoms with Crippen molar-refractivity contribution in [2.75, 3.05) is 0 Å². The highest BCUT2D eigenvalue weighted by atomic mass is 14.4. The Morgan fingerprint density at radius 3 is 1.19 bits per heavy atom. The zero-order valence-electron chi connectivity index (χ0n) is 24.9. The van der Waals surface area contributed by atoms with E-state index in [4.69, 9.17) is 0 Å². The highest BCUT2D eigenvalue weighted by Gasteiger charge is 2.35. The van der Waals surface area contributed by atoms with Crippen LogP contribution in [0.3, 0.4) is 0 Å². The first-order valence-corrected chi connectivity index (χ1v) is 15.0. The largest absolute Gasteiger partial charge is 0.0619 e. The molecule has 7 rings (SSSR count). The zero-order chi connectivity index (χ0) is 28.8. The maximum atomic E-state index is 2.39. The highest BCUT2D eigenvalue weighted by Crippen LogP contribution is 2.49. The number of benzene rings is 6. The second-order valence-corrected chi connectivity index (χ2v) is 12.4. The van der Waals surface area contributed by atoms with E-state index in [1.807, 2.05) is 0 Å². The van der Waals surface area contributed by atoms with E-state index >= 15 is 0 Å². The normalized spacial score (nSPS) is 13.2. The molecule has 0 bridgehead atoms. The van der Waals surface area contributed by atoms with Gasteiger partial charge >= 0.3 is 0 Å². The Hall–Kier alpha value is -4.68. The topological polar surface area (TPSA) is 0 Å². The van der Waals surface area contributed by atoms with E-state index in [0.29, 0.717) is 5.92 Å². The van der Waals surface area contributed by atoms with Gasteiger partial charge in [-0.15, -0.1) is 0 Å². The fourth-order valence-electron chi connectivity index (χ4n) is 6.51. The lowest BCUT2D eigenvalue weighted by atomic mass is 9.81. The summed E-state index contributed by atoms with van der Waals surface area (Å²) in [7, 11) is 0. The van der Waals surface area contributed by atoms with Crippen LogP contribution in [0.25, 0.3) is 55.6 Å². The molecule has 0 amide bonds. The first-order valence-electron chi connectivity index (χ1n) is 15.0. The van der Waals surface area contributed by atoms with Gasteiger partial charge in [-0.25, -0.2) is 0 Å². The smallest absolute Gasteiger partial charge is 0.0159 e. The average Bonchev–Trinajstić information content (AvgIpc) is 3.27. The van der Waals surface area contributed by atoms with E-state index in [2.05, 4.69) is 167 Å². The molecule has 0 saturated carbocycles. The van der Waals surface area contributed by atoms with Gasteiger partial charge in [-0.1, -0.05) is 161 Å². The molecule has 0 aromatic heterocycles. The van der Waals surface area contributed by atoms with Crippen LogP contribution < -0.4 is 0 Å². The Balaban J connectivity index is 1.09. The molecule has 6 aromatic rings. The van der Waals surface area contributed by atoms with Gasteiger partial charge in [-0.05, 0) is 84.3 Å². The summed E-state index contributed by atoms with van der Waals surface area (Å²) >= 11 is 0. The standard InChI is InChI=1S/C42H36/c1-28(2)29-9-11-30(12-10-29)31-13-15-32(16-14-31)33-17-19-34(20-18-33)35-21-23-36(24-22-35)37-25-26-39-38-7-5-6-8-40(38)42(3,4)41(39)27-37/h5-28H,1-4H3. The average molecular weight is 541 g/mol. The lowest BCUT2D eigenvalue weighted by Gasteiger charge is -2.22. The van der Waals surface area contributed by atoms with Crippen LogP contribution in [0, 0.1) is 0 Å². The maximum absolute atomic E-state index is 2.39. The Morgan fingerprint density at radius 1 is 0.381 bits per heavy atom. The van der Waals surface area contributed by atoms with Crippen molar-refractivity contribution in [2.45, 2.75) is 39.0 Å². The van der Waals surface area contributed by atoms with Crippen molar-refractivity contribution in [3.63, 3.8) is 0 Å². The minimum atomic E-state index is 0.0169. The van der Waals surface area contributed by atoms with Crippen LogP contribution in [-0.2, 0) is 5.41 Å². The van der Waals surface area contributed by atoms with Gasteiger partial charge in [0.1, 0.15) is 0 Å². The maximum Gasteiger partial charge on any atom is 0.0159 e. The number of hydrogen-bond acceptors (Lipinski definition) is 0. The van der Waals surface area contributed by atoms with Crippen molar-refractivity contribution in [3.05, 3.63) is 156 Å². The Morgan fingerprint density at radius 2 is 0.738 bits per heavy atom. The highest BCUT2D eigenvalue weighted by molar-refractivity contribution is 5.84. The molecule has 0 atom stereocenters. The molecule has 0 heteroatoms. The van der Waals surface area contributed by atoms with E-state index in [9.17, 15) is 0 Å². The van der Waals surface area contributed by atoms with E-state index in [0.717, 1.165) is 0 Å². The number of hydrogen-bond donors (Lipinski definition) is 0. The van der Waals surface area contributed by atoms with Gasteiger partial charge < -0.3 is 0 Å². The number of fused-ring (bicyclic) bond motifs is 3. The van der Waals surface area contributed by atoms with Crippen molar-refractivity contribution < 1.29 is 0 Å². The molecular weight excluding hydrogens is 504 g/mol. The molecule has 42 heavy (non-hydrogen) atoms. The fraction of sp³-hybridized carbons (Fsp3) is 0.143. The van der Waals surface area contributed by atoms with Crippen molar-refractivity contribution in [1.29, 1.82) is 0 Å². The predicted octanol–water partition coefficient (Wildman–Crippen LogP) is 11.8. The second-order valence-electron chi connectivity index (χ2n) is 12.4. The third-order valence-electron chi connectivity index (χ3n) is 9.15. The van der Waals surface area contributed by atoms with Gasteiger partial charge in [0.05, 0.1) is 0 Å². The quantitative estimate of drug-likeness (QED) is 0.204. The molecule has 0 unspecified atom stereocenters. The van der Waals surface area contributed by atoms with Gasteiger partial charge in [-0.2, -0.15) is 0 Å². The summed E-state index contributed by atoms with van der Waals surface area (Å²) in [6.45, 7) is 9.15. The monoisotopic (exact) mass is 540 g/mol. The van der Waals surface area contributed by atoms with Crippen LogP contribution in [0.5, 0.6) is 0 Å². The van der Waals surface area contributed by atoms with Crippen LogP contribution in [0.1, 0.15) is 50.3 Å². The molecule has 0 spiro atoms. The van der Waals surface area contributed by atoms with E-state index in [1.54, 1.807) is 0 Å². The van der Waals surface area contributed by atoms with Gasteiger partial charge in [0.2, 0.25) is 0 Å². The Labute approximate surface area is 250 Å². The summed E-state index contributed by atoms with van der Waals surface area (Å²) in [5, 5.41) is 0. The SMILES string of the molecule is CC(C)c1ccc(-c2ccc(-c3ccc(-c4ccc(-c5ccc6c(c5)C(C)(C)c5ccccc5-6)cc4)cc3)cc2)cc1. The van der Waals surface area contributed by atoms with Crippen LogP contribution >= 0.6 is 0 Å². The van der Waals surface area contributed by atoms with E-state index in [-0.39, 0.29) is 5.41 Å². The summed E-state index contributed by atoms with van der Waals surface area (Å²) in [4.78, 5) is 0. The fourth-order valence-corrected chi connectivity index (χ4v) is 6.51. The van der Waals surface area contributed by atoms with E-state index in [1.165, 1.54) is 72.3 Å². The van der Waals surface area contributed by atoms with Gasteiger partial charge in [-0.3, -0.25) is 0 Å².